The Balaban J connectivity index is 1.36. The number of thiophene rings is 1. The van der Waals surface area contributed by atoms with Gasteiger partial charge in [0.25, 0.3) is 5.91 Å². The van der Waals surface area contributed by atoms with E-state index in [0.29, 0.717) is 24.2 Å². The second-order valence-corrected chi connectivity index (χ2v) is 8.62. The van der Waals surface area contributed by atoms with Crippen LogP contribution in [-0.4, -0.2) is 41.5 Å². The van der Waals surface area contributed by atoms with Crippen molar-refractivity contribution in [1.29, 1.82) is 0 Å². The minimum atomic E-state index is -0.102. The van der Waals surface area contributed by atoms with Crippen LogP contribution in [-0.2, 0) is 4.79 Å². The number of hydrogen-bond donors (Lipinski definition) is 2. The van der Waals surface area contributed by atoms with Crippen molar-refractivity contribution < 1.29 is 9.59 Å². The van der Waals surface area contributed by atoms with E-state index in [-0.39, 0.29) is 17.9 Å². The maximum atomic E-state index is 12.6. The largest absolute Gasteiger partial charge is 0.346 e. The van der Waals surface area contributed by atoms with Crippen LogP contribution >= 0.6 is 11.3 Å². The van der Waals surface area contributed by atoms with Crippen LogP contribution in [0, 0.1) is 0 Å². The van der Waals surface area contributed by atoms with E-state index in [1.165, 1.54) is 6.42 Å². The molecular weight excluding hydrogens is 348 g/mol. The van der Waals surface area contributed by atoms with Gasteiger partial charge in [0.2, 0.25) is 5.91 Å². The zero-order valence-corrected chi connectivity index (χ0v) is 15.3. The molecule has 7 heteroatoms. The Morgan fingerprint density at radius 1 is 1.31 bits per heavy atom. The highest BCUT2D eigenvalue weighted by Gasteiger charge is 2.39. The summed E-state index contributed by atoms with van der Waals surface area (Å²) in [6.07, 6.45) is 7.76. The predicted molar refractivity (Wildman–Crippen MR) is 102 cm³/mol. The molecule has 3 saturated heterocycles. The summed E-state index contributed by atoms with van der Waals surface area (Å²) >= 11 is 1.57. The third kappa shape index (κ3) is 2.79. The number of aromatic nitrogens is 1. The molecule has 5 heterocycles. The summed E-state index contributed by atoms with van der Waals surface area (Å²) in [5, 5.41) is 8.63. The molecule has 0 radical (unpaired) electrons. The average Bonchev–Trinajstić information content (AvgIpc) is 3.36. The third-order valence-corrected chi connectivity index (χ3v) is 6.95. The number of piperidine rings is 1. The number of anilines is 1. The minimum absolute atomic E-state index is 0.102. The standard InChI is InChI=1S/C19H22N4O2S/c24-17-3-1-2-6-23(17)18-7-11-10-20-15(9-16(11)26-18)19(25)22-14-8-12-4-5-13(14)21-12/h7,9-10,12-14,21H,1-6,8H2,(H,22,25)/t12-,13+,14-/m1/s1. The summed E-state index contributed by atoms with van der Waals surface area (Å²) < 4.78 is 1.00. The van der Waals surface area contributed by atoms with Crippen molar-refractivity contribution in [2.24, 2.45) is 0 Å². The molecule has 2 aromatic rings. The van der Waals surface area contributed by atoms with E-state index in [2.05, 4.69) is 15.6 Å². The number of fused-ring (bicyclic) bond motifs is 3. The lowest BCUT2D eigenvalue weighted by molar-refractivity contribution is -0.119. The number of pyridine rings is 1. The van der Waals surface area contributed by atoms with Crippen molar-refractivity contribution in [2.75, 3.05) is 11.4 Å². The van der Waals surface area contributed by atoms with Crippen molar-refractivity contribution in [3.63, 3.8) is 0 Å². The topological polar surface area (TPSA) is 74.3 Å². The van der Waals surface area contributed by atoms with E-state index in [0.717, 1.165) is 47.3 Å². The zero-order chi connectivity index (χ0) is 17.7. The summed E-state index contributed by atoms with van der Waals surface area (Å²) in [5.41, 5.74) is 0.457. The number of hydrogen-bond acceptors (Lipinski definition) is 5. The van der Waals surface area contributed by atoms with Crippen molar-refractivity contribution in [1.82, 2.24) is 15.6 Å². The molecule has 2 amide bonds. The van der Waals surface area contributed by atoms with E-state index >= 15 is 0 Å². The summed E-state index contributed by atoms with van der Waals surface area (Å²) in [4.78, 5) is 31.0. The number of nitrogens with one attached hydrogen (secondary N) is 2. The number of carbonyl (C=O) groups is 2. The maximum Gasteiger partial charge on any atom is 0.270 e. The van der Waals surface area contributed by atoms with Crippen LogP contribution in [0.2, 0.25) is 0 Å². The Bertz CT molecular complexity index is 880. The predicted octanol–water partition coefficient (Wildman–Crippen LogP) is 2.44. The first-order valence-electron chi connectivity index (χ1n) is 9.44. The molecule has 0 spiro atoms. The van der Waals surface area contributed by atoms with E-state index in [4.69, 9.17) is 0 Å². The molecule has 0 aliphatic carbocycles. The van der Waals surface area contributed by atoms with Crippen molar-refractivity contribution in [3.05, 3.63) is 24.0 Å². The van der Waals surface area contributed by atoms with E-state index in [1.807, 2.05) is 17.0 Å². The lowest BCUT2D eigenvalue weighted by Crippen LogP contribution is -2.43. The highest BCUT2D eigenvalue weighted by molar-refractivity contribution is 7.23. The van der Waals surface area contributed by atoms with Gasteiger partial charge >= 0.3 is 0 Å². The molecule has 0 aromatic carbocycles. The Morgan fingerprint density at radius 2 is 2.23 bits per heavy atom. The second-order valence-electron chi connectivity index (χ2n) is 7.56. The van der Waals surface area contributed by atoms with Crippen molar-refractivity contribution in [2.45, 2.75) is 56.7 Å². The average molecular weight is 370 g/mol. The summed E-state index contributed by atoms with van der Waals surface area (Å²) in [6, 6.07) is 5.04. The van der Waals surface area contributed by atoms with Gasteiger partial charge in [0, 0.05) is 47.4 Å². The molecule has 26 heavy (non-hydrogen) atoms. The first-order valence-corrected chi connectivity index (χ1v) is 10.3. The molecule has 136 valence electrons. The van der Waals surface area contributed by atoms with Gasteiger partial charge in [0.05, 0.1) is 5.00 Å². The normalized spacial score (nSPS) is 28.1. The van der Waals surface area contributed by atoms with E-state index in [1.54, 1.807) is 17.5 Å². The Hall–Kier alpha value is -1.99. The molecule has 2 aromatic heterocycles. The van der Waals surface area contributed by atoms with Crippen LogP contribution in [0.3, 0.4) is 0 Å². The molecule has 5 rings (SSSR count). The first-order chi connectivity index (χ1) is 12.7. The van der Waals surface area contributed by atoms with Crippen LogP contribution < -0.4 is 15.5 Å². The quantitative estimate of drug-likeness (QED) is 0.870. The van der Waals surface area contributed by atoms with Crippen LogP contribution in [0.25, 0.3) is 10.1 Å². The van der Waals surface area contributed by atoms with Gasteiger partial charge in [0.1, 0.15) is 5.69 Å². The van der Waals surface area contributed by atoms with Crippen molar-refractivity contribution in [3.8, 4) is 0 Å². The smallest absolute Gasteiger partial charge is 0.270 e. The number of nitrogens with zero attached hydrogens (tertiary/aromatic N) is 2. The van der Waals surface area contributed by atoms with Gasteiger partial charge in [-0.3, -0.25) is 14.6 Å². The lowest BCUT2D eigenvalue weighted by Gasteiger charge is -2.24. The molecule has 6 nitrogen and oxygen atoms in total. The van der Waals surface area contributed by atoms with Crippen LogP contribution in [0.15, 0.2) is 18.3 Å². The minimum Gasteiger partial charge on any atom is -0.346 e. The number of rotatable bonds is 3. The molecule has 2 N–H and O–H groups in total. The molecular formula is C19H22N4O2S. The Morgan fingerprint density at radius 3 is 3.00 bits per heavy atom. The molecule has 0 saturated carbocycles. The van der Waals surface area contributed by atoms with Crippen LogP contribution in [0.4, 0.5) is 5.00 Å². The van der Waals surface area contributed by atoms with Crippen LogP contribution in [0.1, 0.15) is 49.0 Å². The van der Waals surface area contributed by atoms with E-state index < -0.39 is 0 Å². The Labute approximate surface area is 156 Å². The third-order valence-electron chi connectivity index (χ3n) is 5.83. The first kappa shape index (κ1) is 16.2. The highest BCUT2D eigenvalue weighted by atomic mass is 32.1. The molecule has 3 atom stereocenters. The monoisotopic (exact) mass is 370 g/mol. The molecule has 3 fully saturated rings. The highest BCUT2D eigenvalue weighted by Crippen LogP contribution is 2.34. The zero-order valence-electron chi connectivity index (χ0n) is 14.5. The summed E-state index contributed by atoms with van der Waals surface area (Å²) in [7, 11) is 0. The fourth-order valence-electron chi connectivity index (χ4n) is 4.44. The molecule has 3 aliphatic heterocycles. The summed E-state index contributed by atoms with van der Waals surface area (Å²) in [6.45, 7) is 0.781. The van der Waals surface area contributed by atoms with Gasteiger partial charge in [-0.25, -0.2) is 0 Å². The molecule has 2 bridgehead atoms. The molecule has 3 aliphatic rings. The second kappa shape index (κ2) is 6.32. The SMILES string of the molecule is O=C(N[C@@H]1C[C@H]2CC[C@@H]1N2)c1cc2sc(N3CCCCC3=O)cc2cn1. The molecule has 0 unspecified atom stereocenters. The lowest BCUT2D eigenvalue weighted by atomic mass is 9.95. The van der Waals surface area contributed by atoms with Gasteiger partial charge < -0.3 is 15.5 Å². The maximum absolute atomic E-state index is 12.6. The summed E-state index contributed by atoms with van der Waals surface area (Å²) in [5.74, 6) is 0.0905. The van der Waals surface area contributed by atoms with E-state index in [9.17, 15) is 9.59 Å². The fourth-order valence-corrected chi connectivity index (χ4v) is 5.56. The number of carbonyl (C=O) groups excluding carboxylic acids is 2. The van der Waals surface area contributed by atoms with Gasteiger partial charge in [-0.05, 0) is 44.2 Å². The van der Waals surface area contributed by atoms with Crippen LogP contribution in [0.5, 0.6) is 0 Å². The van der Waals surface area contributed by atoms with Crippen molar-refractivity contribution >= 4 is 38.2 Å². The van der Waals surface area contributed by atoms with Gasteiger partial charge in [-0.15, -0.1) is 11.3 Å². The van der Waals surface area contributed by atoms with Gasteiger partial charge in [-0.2, -0.15) is 0 Å². The number of amides is 2. The van der Waals surface area contributed by atoms with Gasteiger partial charge in [-0.1, -0.05) is 0 Å². The Kier molecular flexibility index (Phi) is 3.94. The van der Waals surface area contributed by atoms with Gasteiger partial charge in [0.15, 0.2) is 0 Å². The fraction of sp³-hybridized carbons (Fsp3) is 0.526.